The highest BCUT2D eigenvalue weighted by molar-refractivity contribution is 5.92. The molecule has 1 saturated carbocycles. The number of imidazole rings is 1. The predicted molar refractivity (Wildman–Crippen MR) is 89.8 cm³/mol. The van der Waals surface area contributed by atoms with E-state index >= 15 is 0 Å². The number of aromatic amines is 1. The Hall–Kier alpha value is -2.25. The van der Waals surface area contributed by atoms with Crippen molar-refractivity contribution in [3.8, 4) is 0 Å². The number of hydrogen-bond donors (Lipinski definition) is 1. The van der Waals surface area contributed by atoms with Crippen molar-refractivity contribution >= 4 is 5.91 Å². The third-order valence-corrected chi connectivity index (χ3v) is 5.03. The van der Waals surface area contributed by atoms with Crippen LogP contribution in [-0.4, -0.2) is 57.7 Å². The fraction of sp³-hybridized carbons (Fsp3) is 0.500. The van der Waals surface area contributed by atoms with Gasteiger partial charge >= 0.3 is 0 Å². The number of fused-ring (bicyclic) bond motifs is 1. The van der Waals surface area contributed by atoms with Crippen molar-refractivity contribution in [2.75, 3.05) is 19.8 Å². The van der Waals surface area contributed by atoms with E-state index in [0.717, 1.165) is 18.4 Å². The van der Waals surface area contributed by atoms with Crippen LogP contribution >= 0.6 is 0 Å². The second-order valence-corrected chi connectivity index (χ2v) is 6.58. The summed E-state index contributed by atoms with van der Waals surface area (Å²) in [6, 6.07) is 4.04. The van der Waals surface area contributed by atoms with Gasteiger partial charge in [-0.1, -0.05) is 6.07 Å². The molecular formula is C18H22N4O3. The Labute approximate surface area is 146 Å². The van der Waals surface area contributed by atoms with E-state index in [4.69, 9.17) is 9.47 Å². The molecule has 1 aliphatic carbocycles. The van der Waals surface area contributed by atoms with Crippen molar-refractivity contribution in [3.63, 3.8) is 0 Å². The van der Waals surface area contributed by atoms with Crippen molar-refractivity contribution < 1.29 is 14.3 Å². The van der Waals surface area contributed by atoms with Crippen LogP contribution in [0.3, 0.4) is 0 Å². The first kappa shape index (κ1) is 16.2. The summed E-state index contributed by atoms with van der Waals surface area (Å²) in [5.74, 6) is 0.326. The van der Waals surface area contributed by atoms with Gasteiger partial charge in [-0.3, -0.25) is 9.78 Å². The number of ether oxygens (including phenoxy) is 2. The number of nitrogens with zero attached hydrogens (tertiary/aromatic N) is 3. The van der Waals surface area contributed by atoms with Gasteiger partial charge < -0.3 is 19.4 Å². The van der Waals surface area contributed by atoms with Gasteiger partial charge in [0.25, 0.3) is 5.91 Å². The Morgan fingerprint density at radius 3 is 3.12 bits per heavy atom. The average molecular weight is 342 g/mol. The van der Waals surface area contributed by atoms with Crippen LogP contribution in [0.1, 0.15) is 28.9 Å². The van der Waals surface area contributed by atoms with Crippen molar-refractivity contribution in [3.05, 3.63) is 48.3 Å². The molecule has 1 amide bonds. The molecule has 1 N–H and O–H groups in total. The van der Waals surface area contributed by atoms with E-state index in [9.17, 15) is 4.79 Å². The lowest BCUT2D eigenvalue weighted by Crippen LogP contribution is -2.53. The van der Waals surface area contributed by atoms with Gasteiger partial charge in [0.15, 0.2) is 0 Å². The maximum Gasteiger partial charge on any atom is 0.272 e. The molecule has 0 bridgehead atoms. The first-order valence-corrected chi connectivity index (χ1v) is 8.70. The fourth-order valence-corrected chi connectivity index (χ4v) is 3.83. The number of aromatic nitrogens is 3. The zero-order valence-corrected chi connectivity index (χ0v) is 14.0. The molecule has 2 aliphatic rings. The molecule has 25 heavy (non-hydrogen) atoms. The minimum absolute atomic E-state index is 0.00716. The standard InChI is InChI=1S/C18H22N4O3/c23-18(15-9-20-12-21-15)22-6-7-25-17-14(3-4-16(17)22)11-24-10-13-2-1-5-19-8-13/h1-2,5,8-9,12,14,16-17H,3-4,6-7,10-11H2,(H,20,21)/t14-,16+,17-/m1/s1. The van der Waals surface area contributed by atoms with E-state index in [1.165, 1.54) is 6.33 Å². The minimum atomic E-state index is 0.00716. The van der Waals surface area contributed by atoms with Crippen LogP contribution in [0.4, 0.5) is 0 Å². The Balaban J connectivity index is 1.35. The van der Waals surface area contributed by atoms with Crippen LogP contribution in [0.25, 0.3) is 0 Å². The number of morpholine rings is 1. The molecule has 4 rings (SSSR count). The molecule has 0 spiro atoms. The first-order valence-electron chi connectivity index (χ1n) is 8.70. The number of rotatable bonds is 5. The third kappa shape index (κ3) is 3.43. The van der Waals surface area contributed by atoms with Crippen LogP contribution in [0.15, 0.2) is 37.1 Å². The van der Waals surface area contributed by atoms with Gasteiger partial charge in [-0.05, 0) is 24.5 Å². The average Bonchev–Trinajstić information content (AvgIpc) is 3.32. The predicted octanol–water partition coefficient (Wildman–Crippen LogP) is 1.64. The molecule has 1 aliphatic heterocycles. The molecule has 7 heteroatoms. The van der Waals surface area contributed by atoms with E-state index < -0.39 is 0 Å². The Bertz CT molecular complexity index is 692. The maximum atomic E-state index is 12.7. The summed E-state index contributed by atoms with van der Waals surface area (Å²) in [7, 11) is 0. The summed E-state index contributed by atoms with van der Waals surface area (Å²) in [5, 5.41) is 0. The third-order valence-electron chi connectivity index (χ3n) is 5.03. The molecule has 1 saturated heterocycles. The summed E-state index contributed by atoms with van der Waals surface area (Å²) in [6.45, 7) is 2.39. The molecule has 3 heterocycles. The Morgan fingerprint density at radius 1 is 1.36 bits per heavy atom. The van der Waals surface area contributed by atoms with Gasteiger partial charge in [-0.2, -0.15) is 0 Å². The first-order chi connectivity index (χ1) is 12.3. The quantitative estimate of drug-likeness (QED) is 0.893. The van der Waals surface area contributed by atoms with Gasteiger partial charge in [-0.15, -0.1) is 0 Å². The highest BCUT2D eigenvalue weighted by Gasteiger charge is 2.44. The van der Waals surface area contributed by atoms with Crippen LogP contribution in [0.5, 0.6) is 0 Å². The summed E-state index contributed by atoms with van der Waals surface area (Å²) in [5.41, 5.74) is 1.61. The van der Waals surface area contributed by atoms with Gasteiger partial charge in [-0.25, -0.2) is 4.98 Å². The van der Waals surface area contributed by atoms with Gasteiger partial charge in [0.1, 0.15) is 5.69 Å². The number of hydrogen-bond acceptors (Lipinski definition) is 5. The molecular weight excluding hydrogens is 320 g/mol. The SMILES string of the molecule is O=C(c1cnc[nH]1)N1CCO[C@@H]2[C@@H](COCc3cccnc3)CC[C@@H]21. The summed E-state index contributed by atoms with van der Waals surface area (Å²) in [4.78, 5) is 25.6. The van der Waals surface area contributed by atoms with E-state index in [1.807, 2.05) is 23.2 Å². The van der Waals surface area contributed by atoms with E-state index in [0.29, 0.717) is 38.0 Å². The van der Waals surface area contributed by atoms with Crippen molar-refractivity contribution in [1.29, 1.82) is 0 Å². The van der Waals surface area contributed by atoms with Crippen LogP contribution in [0, 0.1) is 5.92 Å². The highest BCUT2D eigenvalue weighted by atomic mass is 16.5. The van der Waals surface area contributed by atoms with Crippen LogP contribution < -0.4 is 0 Å². The second-order valence-electron chi connectivity index (χ2n) is 6.58. The maximum absolute atomic E-state index is 12.7. The lowest BCUT2D eigenvalue weighted by Gasteiger charge is -2.39. The number of H-pyrrole nitrogens is 1. The van der Waals surface area contributed by atoms with Crippen molar-refractivity contribution in [2.45, 2.75) is 31.6 Å². The summed E-state index contributed by atoms with van der Waals surface area (Å²) in [6.07, 6.45) is 8.70. The largest absolute Gasteiger partial charge is 0.376 e. The van der Waals surface area contributed by atoms with E-state index in [1.54, 1.807) is 12.4 Å². The van der Waals surface area contributed by atoms with Gasteiger partial charge in [0.05, 0.1) is 44.5 Å². The number of amides is 1. The lowest BCUT2D eigenvalue weighted by atomic mass is 10.0. The smallest absolute Gasteiger partial charge is 0.272 e. The Morgan fingerprint density at radius 2 is 2.32 bits per heavy atom. The zero-order valence-electron chi connectivity index (χ0n) is 14.0. The molecule has 2 aromatic rings. The normalized spacial score (nSPS) is 25.8. The van der Waals surface area contributed by atoms with Gasteiger partial charge in [0, 0.05) is 24.9 Å². The van der Waals surface area contributed by atoms with E-state index in [2.05, 4.69) is 15.0 Å². The number of carbonyl (C=O) groups is 1. The van der Waals surface area contributed by atoms with E-state index in [-0.39, 0.29) is 18.1 Å². The second kappa shape index (κ2) is 7.33. The molecule has 0 radical (unpaired) electrons. The summed E-state index contributed by atoms with van der Waals surface area (Å²) < 4.78 is 11.9. The zero-order chi connectivity index (χ0) is 17.1. The summed E-state index contributed by atoms with van der Waals surface area (Å²) >= 11 is 0. The number of pyridine rings is 1. The number of nitrogens with one attached hydrogen (secondary N) is 1. The van der Waals surface area contributed by atoms with Crippen LogP contribution in [-0.2, 0) is 16.1 Å². The minimum Gasteiger partial charge on any atom is -0.376 e. The molecule has 0 unspecified atom stereocenters. The Kier molecular flexibility index (Phi) is 4.76. The molecule has 7 nitrogen and oxygen atoms in total. The molecule has 3 atom stereocenters. The molecule has 132 valence electrons. The van der Waals surface area contributed by atoms with Crippen LogP contribution in [0.2, 0.25) is 0 Å². The monoisotopic (exact) mass is 342 g/mol. The molecule has 0 aromatic carbocycles. The number of carbonyl (C=O) groups excluding carboxylic acids is 1. The highest BCUT2D eigenvalue weighted by Crippen LogP contribution is 2.35. The van der Waals surface area contributed by atoms with Crippen molar-refractivity contribution in [2.24, 2.45) is 5.92 Å². The topological polar surface area (TPSA) is 80.3 Å². The fourth-order valence-electron chi connectivity index (χ4n) is 3.83. The van der Waals surface area contributed by atoms with Gasteiger partial charge in [0.2, 0.25) is 0 Å². The van der Waals surface area contributed by atoms with Crippen molar-refractivity contribution in [1.82, 2.24) is 19.9 Å². The molecule has 2 fully saturated rings. The lowest BCUT2D eigenvalue weighted by molar-refractivity contribution is -0.0766. The molecule has 2 aromatic heterocycles.